The van der Waals surface area contributed by atoms with Crippen molar-refractivity contribution in [3.8, 4) is 11.5 Å². The van der Waals surface area contributed by atoms with Crippen molar-refractivity contribution >= 4 is 17.4 Å². The molecule has 0 fully saturated rings. The smallest absolute Gasteiger partial charge is 0.146 e. The highest BCUT2D eigenvalue weighted by molar-refractivity contribution is 6.32. The average Bonchev–Trinajstić information content (AvgIpc) is 2.36. The molecule has 4 heteroatoms. The zero-order chi connectivity index (χ0) is 14.0. The summed E-state index contributed by atoms with van der Waals surface area (Å²) in [5, 5.41) is 7.79. The summed E-state index contributed by atoms with van der Waals surface area (Å²) in [6, 6.07) is 10.9. The Morgan fingerprint density at radius 1 is 1.11 bits per heavy atom. The van der Waals surface area contributed by atoms with E-state index in [1.54, 1.807) is 18.2 Å². The molecule has 3 N–H and O–H groups in total. The number of aryl methyl sites for hydroxylation is 2. The molecule has 0 bridgehead atoms. The summed E-state index contributed by atoms with van der Waals surface area (Å²) < 4.78 is 5.74. The van der Waals surface area contributed by atoms with Crippen molar-refractivity contribution in [2.24, 2.45) is 5.73 Å². The van der Waals surface area contributed by atoms with Crippen molar-refractivity contribution in [1.29, 1.82) is 5.41 Å². The van der Waals surface area contributed by atoms with E-state index in [1.165, 1.54) is 5.56 Å². The molecule has 0 aliphatic carbocycles. The molecule has 0 saturated carbocycles. The Morgan fingerprint density at radius 3 is 2.42 bits per heavy atom. The minimum Gasteiger partial charge on any atom is -0.456 e. The van der Waals surface area contributed by atoms with Gasteiger partial charge in [0.15, 0.2) is 0 Å². The summed E-state index contributed by atoms with van der Waals surface area (Å²) in [5.41, 5.74) is 8.36. The first-order valence-electron chi connectivity index (χ1n) is 5.86. The first kappa shape index (κ1) is 13.4. The quantitative estimate of drug-likeness (QED) is 0.656. The highest BCUT2D eigenvalue weighted by Crippen LogP contribution is 2.30. The van der Waals surface area contributed by atoms with Crippen molar-refractivity contribution in [1.82, 2.24) is 0 Å². The van der Waals surface area contributed by atoms with Gasteiger partial charge in [-0.15, -0.1) is 0 Å². The first-order valence-corrected chi connectivity index (χ1v) is 6.24. The molecule has 2 aromatic carbocycles. The predicted octanol–water partition coefficient (Wildman–Crippen LogP) is 4.03. The van der Waals surface area contributed by atoms with Gasteiger partial charge in [-0.25, -0.2) is 0 Å². The van der Waals surface area contributed by atoms with Crippen LogP contribution in [0.25, 0.3) is 0 Å². The van der Waals surface area contributed by atoms with Gasteiger partial charge >= 0.3 is 0 Å². The Morgan fingerprint density at radius 2 is 1.84 bits per heavy atom. The first-order chi connectivity index (χ1) is 8.97. The second-order valence-electron chi connectivity index (χ2n) is 4.41. The summed E-state index contributed by atoms with van der Waals surface area (Å²) in [4.78, 5) is 0. The van der Waals surface area contributed by atoms with Crippen LogP contribution in [-0.2, 0) is 0 Å². The molecule has 19 heavy (non-hydrogen) atoms. The van der Waals surface area contributed by atoms with Gasteiger partial charge in [-0.05, 0) is 55.3 Å². The maximum Gasteiger partial charge on any atom is 0.146 e. The fourth-order valence-corrected chi connectivity index (χ4v) is 1.87. The van der Waals surface area contributed by atoms with E-state index in [4.69, 9.17) is 27.5 Å². The fraction of sp³-hybridized carbons (Fsp3) is 0.133. The molecular weight excluding hydrogens is 260 g/mol. The SMILES string of the molecule is Cc1ccc(Oc2ccc(C(=N)N)cc2Cl)cc1C. The predicted molar refractivity (Wildman–Crippen MR) is 78.5 cm³/mol. The molecule has 0 amide bonds. The van der Waals surface area contributed by atoms with E-state index in [-0.39, 0.29) is 5.84 Å². The molecule has 0 aliphatic heterocycles. The van der Waals surface area contributed by atoms with Crippen LogP contribution in [0.1, 0.15) is 16.7 Å². The lowest BCUT2D eigenvalue weighted by Gasteiger charge is -2.10. The van der Waals surface area contributed by atoms with Gasteiger partial charge in [0.25, 0.3) is 0 Å². The van der Waals surface area contributed by atoms with E-state index in [1.807, 2.05) is 32.0 Å². The van der Waals surface area contributed by atoms with Gasteiger partial charge in [0.05, 0.1) is 5.02 Å². The molecule has 0 radical (unpaired) electrons. The van der Waals surface area contributed by atoms with Crippen LogP contribution in [0.2, 0.25) is 5.02 Å². The topological polar surface area (TPSA) is 59.1 Å². The number of nitrogens with one attached hydrogen (secondary N) is 1. The van der Waals surface area contributed by atoms with Crippen molar-refractivity contribution in [2.45, 2.75) is 13.8 Å². The van der Waals surface area contributed by atoms with E-state index in [0.717, 1.165) is 11.3 Å². The molecular formula is C15H15ClN2O. The third kappa shape index (κ3) is 3.06. The van der Waals surface area contributed by atoms with Crippen molar-refractivity contribution in [3.63, 3.8) is 0 Å². The van der Waals surface area contributed by atoms with Gasteiger partial charge in [0.2, 0.25) is 0 Å². The van der Waals surface area contributed by atoms with E-state index in [2.05, 4.69) is 0 Å². The number of halogens is 1. The van der Waals surface area contributed by atoms with E-state index < -0.39 is 0 Å². The van der Waals surface area contributed by atoms with Crippen LogP contribution in [0.3, 0.4) is 0 Å². The number of amidine groups is 1. The van der Waals surface area contributed by atoms with Crippen molar-refractivity contribution < 1.29 is 4.74 Å². The van der Waals surface area contributed by atoms with Gasteiger partial charge in [0, 0.05) is 5.56 Å². The molecule has 2 rings (SSSR count). The van der Waals surface area contributed by atoms with Gasteiger partial charge in [0.1, 0.15) is 17.3 Å². The number of rotatable bonds is 3. The summed E-state index contributed by atoms with van der Waals surface area (Å²) in [6.07, 6.45) is 0. The zero-order valence-electron chi connectivity index (χ0n) is 10.8. The number of hydrogen-bond acceptors (Lipinski definition) is 2. The molecule has 0 spiro atoms. The maximum absolute atomic E-state index is 7.35. The maximum atomic E-state index is 7.35. The van der Waals surface area contributed by atoms with Crippen LogP contribution < -0.4 is 10.5 Å². The van der Waals surface area contributed by atoms with Crippen LogP contribution in [0.15, 0.2) is 36.4 Å². The standard InChI is InChI=1S/C15H15ClN2O/c1-9-3-5-12(7-10(9)2)19-14-6-4-11(15(17)18)8-13(14)16/h3-8H,1-2H3,(H3,17,18). The zero-order valence-corrected chi connectivity index (χ0v) is 11.6. The summed E-state index contributed by atoms with van der Waals surface area (Å²) >= 11 is 6.12. The van der Waals surface area contributed by atoms with Gasteiger partial charge in [-0.1, -0.05) is 17.7 Å². The normalized spacial score (nSPS) is 10.3. The second kappa shape index (κ2) is 5.33. The molecule has 2 aromatic rings. The molecule has 3 nitrogen and oxygen atoms in total. The molecule has 0 aliphatic rings. The Balaban J connectivity index is 2.28. The average molecular weight is 275 g/mol. The lowest BCUT2D eigenvalue weighted by molar-refractivity contribution is 0.482. The number of hydrogen-bond donors (Lipinski definition) is 2. The van der Waals surface area contributed by atoms with E-state index >= 15 is 0 Å². The Kier molecular flexibility index (Phi) is 3.76. The van der Waals surface area contributed by atoms with Gasteiger partial charge < -0.3 is 10.5 Å². The third-order valence-corrected chi connectivity index (χ3v) is 3.24. The Hall–Kier alpha value is -2.00. The molecule has 0 unspecified atom stereocenters. The lowest BCUT2D eigenvalue weighted by Crippen LogP contribution is -2.10. The minimum atomic E-state index is -0.0142. The number of benzene rings is 2. The molecule has 0 heterocycles. The number of nitrogens with two attached hydrogens (primary N) is 1. The molecule has 0 saturated heterocycles. The van der Waals surface area contributed by atoms with Crippen LogP contribution in [0.5, 0.6) is 11.5 Å². The van der Waals surface area contributed by atoms with Crippen molar-refractivity contribution in [2.75, 3.05) is 0 Å². The summed E-state index contributed by atoms with van der Waals surface area (Å²) in [7, 11) is 0. The fourth-order valence-electron chi connectivity index (χ4n) is 1.66. The van der Waals surface area contributed by atoms with Crippen LogP contribution in [-0.4, -0.2) is 5.84 Å². The van der Waals surface area contributed by atoms with Gasteiger partial charge in [-0.2, -0.15) is 0 Å². The van der Waals surface area contributed by atoms with Crippen LogP contribution in [0.4, 0.5) is 0 Å². The molecule has 98 valence electrons. The molecule has 0 aromatic heterocycles. The van der Waals surface area contributed by atoms with Crippen LogP contribution in [0, 0.1) is 19.3 Å². The Bertz CT molecular complexity index is 638. The molecule has 0 atom stereocenters. The van der Waals surface area contributed by atoms with E-state index in [9.17, 15) is 0 Å². The second-order valence-corrected chi connectivity index (χ2v) is 4.81. The summed E-state index contributed by atoms with van der Waals surface area (Å²) in [6.45, 7) is 4.08. The number of nitrogen functional groups attached to an aromatic ring is 1. The Labute approximate surface area is 117 Å². The summed E-state index contributed by atoms with van der Waals surface area (Å²) in [5.74, 6) is 1.27. The van der Waals surface area contributed by atoms with Gasteiger partial charge in [-0.3, -0.25) is 5.41 Å². The third-order valence-electron chi connectivity index (χ3n) is 2.95. The monoisotopic (exact) mass is 274 g/mol. The highest BCUT2D eigenvalue weighted by atomic mass is 35.5. The largest absolute Gasteiger partial charge is 0.456 e. The minimum absolute atomic E-state index is 0.0142. The van der Waals surface area contributed by atoms with E-state index in [0.29, 0.717) is 16.3 Å². The highest BCUT2D eigenvalue weighted by Gasteiger charge is 2.06. The van der Waals surface area contributed by atoms with Crippen LogP contribution >= 0.6 is 11.6 Å². The lowest BCUT2D eigenvalue weighted by atomic mass is 10.1. The number of ether oxygens (including phenoxy) is 1. The van der Waals surface area contributed by atoms with Crippen molar-refractivity contribution in [3.05, 3.63) is 58.1 Å².